The van der Waals surface area contributed by atoms with Crippen molar-refractivity contribution in [3.05, 3.63) is 36.4 Å². The lowest BCUT2D eigenvalue weighted by Crippen LogP contribution is -2.57. The molecule has 1 saturated heterocycles. The second-order valence-electron chi connectivity index (χ2n) is 12.5. The first-order valence-electron chi connectivity index (χ1n) is 15.0. The van der Waals surface area contributed by atoms with Crippen molar-refractivity contribution < 1.29 is 37.1 Å². The van der Waals surface area contributed by atoms with Gasteiger partial charge in [0.05, 0.1) is 12.8 Å². The van der Waals surface area contributed by atoms with Gasteiger partial charge in [0.25, 0.3) is 11.8 Å². The first kappa shape index (κ1) is 33.1. The lowest BCUT2D eigenvalue weighted by molar-refractivity contribution is -0.146. The average Bonchev–Trinajstić information content (AvgIpc) is 3.40. The van der Waals surface area contributed by atoms with Crippen LogP contribution in [0, 0.1) is 5.92 Å². The molecule has 3 aliphatic rings. The van der Waals surface area contributed by atoms with E-state index in [0.29, 0.717) is 32.1 Å². The van der Waals surface area contributed by atoms with Crippen LogP contribution in [0.15, 0.2) is 36.4 Å². The van der Waals surface area contributed by atoms with Gasteiger partial charge < -0.3 is 25.0 Å². The van der Waals surface area contributed by atoms with E-state index in [-0.39, 0.29) is 24.4 Å². The van der Waals surface area contributed by atoms with Crippen LogP contribution in [-0.2, 0) is 29.3 Å². The Morgan fingerprint density at radius 3 is 2.55 bits per heavy atom. The van der Waals surface area contributed by atoms with Crippen molar-refractivity contribution in [3.63, 3.8) is 0 Å². The Morgan fingerprint density at radius 1 is 1.07 bits per heavy atom. The van der Waals surface area contributed by atoms with Gasteiger partial charge in [-0.1, -0.05) is 30.7 Å². The van der Waals surface area contributed by atoms with Gasteiger partial charge >= 0.3 is 16.3 Å². The van der Waals surface area contributed by atoms with Crippen LogP contribution in [0.2, 0.25) is 0 Å². The van der Waals surface area contributed by atoms with E-state index in [9.17, 15) is 27.6 Å². The van der Waals surface area contributed by atoms with Crippen molar-refractivity contribution in [2.45, 2.75) is 95.4 Å². The fourth-order valence-electron chi connectivity index (χ4n) is 5.61. The van der Waals surface area contributed by atoms with Gasteiger partial charge in [-0.05, 0) is 77.8 Å². The number of para-hydroxylation sites is 2. The van der Waals surface area contributed by atoms with Crippen LogP contribution in [0.3, 0.4) is 0 Å². The summed E-state index contributed by atoms with van der Waals surface area (Å²) in [7, 11) is -3.00. The lowest BCUT2D eigenvalue weighted by atomic mass is 10.1. The number of alkyl carbamates (subject to hydrolysis) is 1. The molecule has 4 atom stereocenters. The molecule has 13 nitrogen and oxygen atoms in total. The minimum absolute atomic E-state index is 0.138. The third-order valence-corrected chi connectivity index (χ3v) is 8.83. The number of nitrogens with one attached hydrogen (secondary N) is 4. The van der Waals surface area contributed by atoms with Crippen LogP contribution in [0.1, 0.15) is 72.1 Å². The van der Waals surface area contributed by atoms with Crippen LogP contribution < -0.4 is 24.8 Å². The molecule has 1 aromatic rings. The topological polar surface area (TPSA) is 172 Å². The fraction of sp³-hybridized carbons (Fsp3) is 0.600. The number of carbonyl (C=O) groups excluding carboxylic acids is 4. The van der Waals surface area contributed by atoms with Crippen molar-refractivity contribution in [2.75, 3.05) is 18.4 Å². The lowest BCUT2D eigenvalue weighted by Gasteiger charge is -2.30. The Labute approximate surface area is 258 Å². The Kier molecular flexibility index (Phi) is 10.1. The summed E-state index contributed by atoms with van der Waals surface area (Å²) in [4.78, 5) is 54.9. The Morgan fingerprint density at radius 2 is 1.82 bits per heavy atom. The molecule has 1 aromatic carbocycles. The molecule has 0 bridgehead atoms. The van der Waals surface area contributed by atoms with Gasteiger partial charge in [0.1, 0.15) is 17.3 Å². The maximum absolute atomic E-state index is 13.7. The Balaban J connectivity index is 1.54. The normalized spacial score (nSPS) is 26.2. The molecule has 1 aliphatic carbocycles. The summed E-state index contributed by atoms with van der Waals surface area (Å²) in [5.41, 5.74) is -1.93. The number of hydrogen-bond donors (Lipinski definition) is 4. The number of allylic oxidation sites excluding steroid dienone is 1. The molecule has 1 saturated carbocycles. The standard InChI is InChI=1S/C30H43N5O8S/c1-29(2,3)32-28(39)43-24-17-9-7-5-6-8-13-20-19-30(20,31-25(36)22-15-12-18-35(22)26(24)37)27(38)34-44(40,41)33-21-14-10-11-16-23(21)42-4/h8,10-11,13-14,16,20,22,24,33H,5-7,9,12,15,17-19H2,1-4H3,(H,31,36)(H,32,39)(H,34,38)/t20-,22+,24+,30-/m1/s1. The highest BCUT2D eigenvalue weighted by molar-refractivity contribution is 7.91. The Hall–Kier alpha value is -3.81. The smallest absolute Gasteiger partial charge is 0.408 e. The summed E-state index contributed by atoms with van der Waals surface area (Å²) in [6.45, 7) is 5.70. The summed E-state index contributed by atoms with van der Waals surface area (Å²) < 4.78 is 41.1. The summed E-state index contributed by atoms with van der Waals surface area (Å²) in [5, 5.41) is 5.50. The van der Waals surface area contributed by atoms with Crippen LogP contribution in [-0.4, -0.2) is 74.0 Å². The van der Waals surface area contributed by atoms with Gasteiger partial charge in [0, 0.05) is 18.0 Å². The van der Waals surface area contributed by atoms with Crippen molar-refractivity contribution in [1.29, 1.82) is 0 Å². The summed E-state index contributed by atoms with van der Waals surface area (Å²) in [6.07, 6.45) is 6.30. The number of nitrogens with zero attached hydrogens (tertiary/aromatic N) is 1. The maximum atomic E-state index is 13.7. The first-order valence-corrected chi connectivity index (χ1v) is 16.5. The maximum Gasteiger partial charge on any atom is 0.408 e. The molecule has 2 heterocycles. The molecule has 4 N–H and O–H groups in total. The van der Waals surface area contributed by atoms with Crippen LogP contribution in [0.4, 0.5) is 10.5 Å². The van der Waals surface area contributed by atoms with Crippen LogP contribution >= 0.6 is 0 Å². The Bertz CT molecular complexity index is 1390. The molecule has 2 fully saturated rings. The average molecular weight is 634 g/mol. The van der Waals surface area contributed by atoms with Gasteiger partial charge in [-0.3, -0.25) is 19.1 Å². The molecule has 0 radical (unpaired) electrons. The SMILES string of the molecule is COc1ccccc1NS(=O)(=O)NC(=O)[C@@]12C[C@H]1C=CCCCCC[C@H](OC(=O)NC(C)(C)C)C(=O)N1CCC[C@H]1C(=O)N2. The van der Waals surface area contributed by atoms with Gasteiger partial charge in [-0.15, -0.1) is 0 Å². The predicted octanol–water partition coefficient (Wildman–Crippen LogP) is 2.75. The minimum Gasteiger partial charge on any atom is -0.495 e. The fourth-order valence-corrected chi connectivity index (χ4v) is 6.55. The highest BCUT2D eigenvalue weighted by atomic mass is 32.2. The molecule has 0 unspecified atom stereocenters. The van der Waals surface area contributed by atoms with Crippen molar-refractivity contribution >= 4 is 39.7 Å². The van der Waals surface area contributed by atoms with Crippen molar-refractivity contribution in [2.24, 2.45) is 5.92 Å². The highest BCUT2D eigenvalue weighted by Gasteiger charge is 2.61. The van der Waals surface area contributed by atoms with E-state index in [2.05, 4.69) is 20.1 Å². The summed E-state index contributed by atoms with van der Waals surface area (Å²) >= 11 is 0. The number of ether oxygens (including phenoxy) is 2. The number of carbonyl (C=O) groups is 4. The highest BCUT2D eigenvalue weighted by Crippen LogP contribution is 2.45. The number of anilines is 1. The molecule has 4 amide bonds. The van der Waals surface area contributed by atoms with Gasteiger partial charge in [0.2, 0.25) is 5.91 Å². The molecule has 0 spiro atoms. The number of hydrogen-bond acceptors (Lipinski definition) is 8. The number of benzene rings is 1. The number of fused-ring (bicyclic) bond motifs is 2. The molecular formula is C30H43N5O8S. The third-order valence-electron chi connectivity index (χ3n) is 7.89. The van der Waals surface area contributed by atoms with E-state index in [0.717, 1.165) is 12.8 Å². The first-order chi connectivity index (χ1) is 20.7. The zero-order valence-electron chi connectivity index (χ0n) is 25.7. The van der Waals surface area contributed by atoms with Crippen LogP contribution in [0.25, 0.3) is 0 Å². The molecule has 0 aromatic heterocycles. The van der Waals surface area contributed by atoms with Crippen molar-refractivity contribution in [1.82, 2.24) is 20.3 Å². The second kappa shape index (κ2) is 13.4. The van der Waals surface area contributed by atoms with Gasteiger partial charge in [0.15, 0.2) is 6.10 Å². The zero-order chi connectivity index (χ0) is 32.1. The van der Waals surface area contributed by atoms with Crippen molar-refractivity contribution in [3.8, 4) is 5.75 Å². The van der Waals surface area contributed by atoms with E-state index in [1.54, 1.807) is 39.0 Å². The number of rotatable bonds is 6. The third kappa shape index (κ3) is 8.21. The second-order valence-corrected chi connectivity index (χ2v) is 13.9. The minimum atomic E-state index is -4.39. The van der Waals surface area contributed by atoms with Crippen LogP contribution in [0.5, 0.6) is 5.75 Å². The molecule has 242 valence electrons. The quantitative estimate of drug-likeness (QED) is 0.346. The van der Waals surface area contributed by atoms with Gasteiger partial charge in [-0.25, -0.2) is 9.52 Å². The van der Waals surface area contributed by atoms with E-state index in [1.165, 1.54) is 18.1 Å². The van der Waals surface area contributed by atoms with Gasteiger partial charge in [-0.2, -0.15) is 8.42 Å². The van der Waals surface area contributed by atoms with E-state index < -0.39 is 63.2 Å². The van der Waals surface area contributed by atoms with E-state index in [4.69, 9.17) is 9.47 Å². The molecule has 44 heavy (non-hydrogen) atoms. The zero-order valence-corrected chi connectivity index (χ0v) is 26.5. The number of amides is 4. The molecule has 4 rings (SSSR count). The molecule has 2 aliphatic heterocycles. The number of methoxy groups -OCH3 is 1. The molecular weight excluding hydrogens is 590 g/mol. The summed E-state index contributed by atoms with van der Waals surface area (Å²) in [6, 6.07) is 5.45. The monoisotopic (exact) mass is 633 g/mol. The van der Waals surface area contributed by atoms with E-state index >= 15 is 0 Å². The van der Waals surface area contributed by atoms with E-state index in [1.807, 2.05) is 12.2 Å². The summed E-state index contributed by atoms with van der Waals surface area (Å²) in [5.74, 6) is -2.08. The largest absolute Gasteiger partial charge is 0.495 e. The predicted molar refractivity (Wildman–Crippen MR) is 163 cm³/mol. The molecule has 14 heteroatoms.